The van der Waals surface area contributed by atoms with E-state index in [2.05, 4.69) is 74.9 Å². The summed E-state index contributed by atoms with van der Waals surface area (Å²) in [6, 6.07) is 16.8. The second-order valence-electron chi connectivity index (χ2n) is 6.82. The van der Waals surface area contributed by atoms with E-state index in [1.54, 1.807) is 6.33 Å². The van der Waals surface area contributed by atoms with Gasteiger partial charge in [0.25, 0.3) is 0 Å². The highest BCUT2D eigenvalue weighted by Gasteiger charge is 2.11. The Labute approximate surface area is 157 Å². The summed E-state index contributed by atoms with van der Waals surface area (Å²) in [5.41, 5.74) is 4.61. The Morgan fingerprint density at radius 2 is 1.78 bits per heavy atom. The van der Waals surface area contributed by atoms with Gasteiger partial charge in [0.05, 0.1) is 6.54 Å². The Balaban J connectivity index is 1.52. The molecule has 0 atom stereocenters. The third kappa shape index (κ3) is 3.76. The van der Waals surface area contributed by atoms with E-state index in [1.807, 2.05) is 22.9 Å². The minimum Gasteiger partial charge on any atom is -0.245 e. The van der Waals surface area contributed by atoms with Gasteiger partial charge < -0.3 is 0 Å². The van der Waals surface area contributed by atoms with E-state index in [1.165, 1.54) is 16.7 Å². The lowest BCUT2D eigenvalue weighted by atomic mass is 9.98. The lowest BCUT2D eigenvalue weighted by Crippen LogP contribution is -2.08. The monoisotopic (exact) mass is 359 g/mol. The van der Waals surface area contributed by atoms with Crippen LogP contribution in [-0.4, -0.2) is 35.4 Å². The fourth-order valence-corrected chi connectivity index (χ4v) is 3.17. The molecule has 0 saturated heterocycles. The Bertz CT molecular complexity index is 1000. The molecule has 2 aromatic carbocycles. The molecule has 0 spiro atoms. The molecule has 4 rings (SSSR count). The van der Waals surface area contributed by atoms with Gasteiger partial charge in [-0.15, -0.1) is 10.2 Å². The summed E-state index contributed by atoms with van der Waals surface area (Å²) in [5.74, 6) is 1.98. The van der Waals surface area contributed by atoms with Crippen molar-refractivity contribution in [3.63, 3.8) is 0 Å². The topological polar surface area (TPSA) is 85.2 Å². The zero-order valence-electron chi connectivity index (χ0n) is 15.4. The molecule has 0 aliphatic heterocycles. The molecule has 0 aliphatic rings. The van der Waals surface area contributed by atoms with Crippen LogP contribution in [-0.2, 0) is 13.0 Å². The van der Waals surface area contributed by atoms with Crippen LogP contribution >= 0.6 is 0 Å². The number of aromatic amines is 1. The number of hydrogen-bond donors (Lipinski definition) is 1. The molecule has 136 valence electrons. The van der Waals surface area contributed by atoms with E-state index < -0.39 is 0 Å². The molecular weight excluding hydrogens is 338 g/mol. The lowest BCUT2D eigenvalue weighted by molar-refractivity contribution is 0.607. The van der Waals surface area contributed by atoms with E-state index in [0.29, 0.717) is 11.7 Å². The molecule has 1 N–H and O–H groups in total. The number of H-pyrrole nitrogens is 1. The fraction of sp³-hybridized carbons (Fsp3) is 0.250. The number of tetrazole rings is 1. The molecule has 27 heavy (non-hydrogen) atoms. The first kappa shape index (κ1) is 17.1. The number of nitrogens with one attached hydrogen (secondary N) is 1. The molecule has 0 aliphatic carbocycles. The maximum Gasteiger partial charge on any atom is 0.204 e. The van der Waals surface area contributed by atoms with Crippen molar-refractivity contribution >= 4 is 0 Å². The summed E-state index contributed by atoms with van der Waals surface area (Å²) < 4.78 is 1.96. The van der Waals surface area contributed by atoms with Crippen molar-refractivity contribution < 1.29 is 0 Å². The molecule has 0 unspecified atom stereocenters. The number of rotatable bonds is 6. The summed E-state index contributed by atoms with van der Waals surface area (Å²) in [4.78, 5) is 4.35. The Hall–Kier alpha value is -3.35. The quantitative estimate of drug-likeness (QED) is 0.571. The van der Waals surface area contributed by atoms with Gasteiger partial charge in [0.2, 0.25) is 5.82 Å². The number of hydrogen-bond acceptors (Lipinski definition) is 5. The molecular formula is C20H21N7. The Morgan fingerprint density at radius 3 is 2.52 bits per heavy atom. The summed E-state index contributed by atoms with van der Waals surface area (Å²) in [7, 11) is 0. The predicted octanol–water partition coefficient (Wildman–Crippen LogP) is 3.22. The molecule has 0 bridgehead atoms. The second kappa shape index (κ2) is 7.49. The van der Waals surface area contributed by atoms with Crippen LogP contribution in [0.15, 0.2) is 54.9 Å². The van der Waals surface area contributed by atoms with Gasteiger partial charge in [-0.05, 0) is 28.3 Å². The number of nitrogens with zero attached hydrogens (tertiary/aromatic N) is 6. The van der Waals surface area contributed by atoms with Gasteiger partial charge in [0, 0.05) is 11.5 Å². The van der Waals surface area contributed by atoms with Gasteiger partial charge in [-0.1, -0.05) is 62.4 Å². The maximum absolute atomic E-state index is 4.35. The minimum atomic E-state index is 0.355. The largest absolute Gasteiger partial charge is 0.245 e. The smallest absolute Gasteiger partial charge is 0.204 e. The van der Waals surface area contributed by atoms with Crippen molar-refractivity contribution in [3.8, 4) is 11.4 Å². The Kier molecular flexibility index (Phi) is 4.74. The molecule has 0 amide bonds. The van der Waals surface area contributed by atoms with Crippen LogP contribution < -0.4 is 0 Å². The van der Waals surface area contributed by atoms with Crippen molar-refractivity contribution in [2.45, 2.75) is 32.7 Å². The highest BCUT2D eigenvalue weighted by atomic mass is 15.5. The van der Waals surface area contributed by atoms with Gasteiger partial charge in [0.15, 0.2) is 0 Å². The number of aromatic nitrogens is 7. The van der Waals surface area contributed by atoms with E-state index in [9.17, 15) is 0 Å². The van der Waals surface area contributed by atoms with Gasteiger partial charge in [-0.2, -0.15) is 10.3 Å². The zero-order chi connectivity index (χ0) is 18.6. The maximum atomic E-state index is 4.35. The molecule has 0 saturated carbocycles. The lowest BCUT2D eigenvalue weighted by Gasteiger charge is -2.10. The van der Waals surface area contributed by atoms with E-state index >= 15 is 0 Å². The normalized spacial score (nSPS) is 11.2. The standard InChI is InChI=1S/C20H21N7/c1-14(2)20-21-13-22-27(20)12-16-9-7-15(8-10-16)11-17-5-3-4-6-18(17)19-23-25-26-24-19/h3-10,13-14H,11-12H2,1-2H3,(H,23,24,25,26). The van der Waals surface area contributed by atoms with Gasteiger partial charge >= 0.3 is 0 Å². The molecule has 2 aromatic heterocycles. The molecule has 0 radical (unpaired) electrons. The van der Waals surface area contributed by atoms with Gasteiger partial charge in [-0.25, -0.2) is 9.67 Å². The highest BCUT2D eigenvalue weighted by molar-refractivity contribution is 5.60. The minimum absolute atomic E-state index is 0.355. The van der Waals surface area contributed by atoms with Crippen LogP contribution in [0.2, 0.25) is 0 Å². The van der Waals surface area contributed by atoms with Gasteiger partial charge in [-0.3, -0.25) is 0 Å². The van der Waals surface area contributed by atoms with Crippen molar-refractivity contribution in [2.75, 3.05) is 0 Å². The summed E-state index contributed by atoms with van der Waals surface area (Å²) in [6.45, 7) is 4.99. The molecule has 7 nitrogen and oxygen atoms in total. The van der Waals surface area contributed by atoms with Crippen molar-refractivity contribution in [1.29, 1.82) is 0 Å². The molecule has 4 aromatic rings. The van der Waals surface area contributed by atoms with Crippen LogP contribution in [0.25, 0.3) is 11.4 Å². The van der Waals surface area contributed by atoms with Crippen LogP contribution in [0.3, 0.4) is 0 Å². The third-order valence-electron chi connectivity index (χ3n) is 4.52. The van der Waals surface area contributed by atoms with Crippen LogP contribution in [0.5, 0.6) is 0 Å². The van der Waals surface area contributed by atoms with Gasteiger partial charge in [0.1, 0.15) is 12.2 Å². The first-order chi connectivity index (χ1) is 13.2. The first-order valence-electron chi connectivity index (χ1n) is 8.98. The summed E-state index contributed by atoms with van der Waals surface area (Å²) >= 11 is 0. The average molecular weight is 359 g/mol. The highest BCUT2D eigenvalue weighted by Crippen LogP contribution is 2.22. The summed E-state index contributed by atoms with van der Waals surface area (Å²) in [5, 5.41) is 18.7. The molecule has 2 heterocycles. The SMILES string of the molecule is CC(C)c1ncnn1Cc1ccc(Cc2ccccc2-c2nn[nH]n2)cc1. The molecule has 7 heteroatoms. The van der Waals surface area contributed by atoms with Crippen LogP contribution in [0.1, 0.15) is 42.3 Å². The van der Waals surface area contributed by atoms with E-state index in [4.69, 9.17) is 0 Å². The van der Waals surface area contributed by atoms with E-state index in [0.717, 1.165) is 24.4 Å². The van der Waals surface area contributed by atoms with Crippen molar-refractivity contribution in [3.05, 3.63) is 77.4 Å². The number of benzene rings is 2. The van der Waals surface area contributed by atoms with Crippen LogP contribution in [0.4, 0.5) is 0 Å². The average Bonchev–Trinajstić information content (AvgIpc) is 3.36. The van der Waals surface area contributed by atoms with Crippen molar-refractivity contribution in [1.82, 2.24) is 35.4 Å². The zero-order valence-corrected chi connectivity index (χ0v) is 15.4. The Morgan fingerprint density at radius 1 is 1.00 bits per heavy atom. The molecule has 0 fully saturated rings. The van der Waals surface area contributed by atoms with Crippen molar-refractivity contribution in [2.24, 2.45) is 0 Å². The third-order valence-corrected chi connectivity index (χ3v) is 4.52. The second-order valence-corrected chi connectivity index (χ2v) is 6.82. The van der Waals surface area contributed by atoms with E-state index in [-0.39, 0.29) is 0 Å². The first-order valence-corrected chi connectivity index (χ1v) is 8.98. The fourth-order valence-electron chi connectivity index (χ4n) is 3.17. The van der Waals surface area contributed by atoms with Crippen LogP contribution in [0, 0.1) is 0 Å². The summed E-state index contributed by atoms with van der Waals surface area (Å²) in [6.07, 6.45) is 2.43. The predicted molar refractivity (Wildman–Crippen MR) is 102 cm³/mol.